The lowest BCUT2D eigenvalue weighted by molar-refractivity contribution is 0.0243. The molecule has 94 valence electrons. The van der Waals surface area contributed by atoms with Gasteiger partial charge in [-0.1, -0.05) is 17.3 Å². The Morgan fingerprint density at radius 2 is 2.22 bits per heavy atom. The lowest BCUT2D eigenvalue weighted by Crippen LogP contribution is -2.28. The number of hydrogen-bond acceptors (Lipinski definition) is 5. The van der Waals surface area contributed by atoms with Crippen molar-refractivity contribution < 1.29 is 14.0 Å². The van der Waals surface area contributed by atoms with Crippen LogP contribution in [0.3, 0.4) is 0 Å². The average Bonchev–Trinajstić information content (AvgIpc) is 2.99. The second-order valence-electron chi connectivity index (χ2n) is 4.36. The van der Waals surface area contributed by atoms with E-state index in [9.17, 15) is 9.50 Å². The highest BCUT2D eigenvalue weighted by atomic mass is 19.1. The van der Waals surface area contributed by atoms with Crippen molar-refractivity contribution in [1.82, 2.24) is 15.5 Å². The Morgan fingerprint density at radius 1 is 1.39 bits per heavy atom. The van der Waals surface area contributed by atoms with E-state index >= 15 is 0 Å². The molecule has 0 saturated carbocycles. The highest BCUT2D eigenvalue weighted by Crippen LogP contribution is 2.28. The van der Waals surface area contributed by atoms with Gasteiger partial charge in [0.15, 0.2) is 5.60 Å². The third kappa shape index (κ3) is 1.79. The Bertz CT molecular complexity index is 564. The van der Waals surface area contributed by atoms with E-state index in [1.54, 1.807) is 18.2 Å². The van der Waals surface area contributed by atoms with Crippen LogP contribution in [0.25, 0.3) is 11.4 Å². The smallest absolute Gasteiger partial charge is 0.260 e. The Labute approximate surface area is 103 Å². The van der Waals surface area contributed by atoms with Gasteiger partial charge in [-0.15, -0.1) is 0 Å². The molecule has 0 radical (unpaired) electrons. The van der Waals surface area contributed by atoms with Gasteiger partial charge in [0, 0.05) is 6.54 Å². The number of nitrogens with one attached hydrogen (secondary N) is 1. The summed E-state index contributed by atoms with van der Waals surface area (Å²) in [5, 5.41) is 17.0. The number of nitrogens with zero attached hydrogens (tertiary/aromatic N) is 2. The molecule has 3 rings (SSSR count). The van der Waals surface area contributed by atoms with Gasteiger partial charge in [-0.25, -0.2) is 4.39 Å². The molecule has 2 heterocycles. The maximum atomic E-state index is 13.6. The summed E-state index contributed by atoms with van der Waals surface area (Å²) in [6.07, 6.45) is 0.506. The van der Waals surface area contributed by atoms with Gasteiger partial charge in [0.1, 0.15) is 5.82 Å². The molecule has 0 spiro atoms. The van der Waals surface area contributed by atoms with Crippen molar-refractivity contribution in [2.45, 2.75) is 12.0 Å². The van der Waals surface area contributed by atoms with Crippen molar-refractivity contribution in [2.24, 2.45) is 0 Å². The molecule has 1 aliphatic heterocycles. The molecule has 1 aliphatic rings. The predicted octanol–water partition coefficient (Wildman–Crippen LogP) is 1.06. The topological polar surface area (TPSA) is 71.2 Å². The molecule has 1 fully saturated rings. The summed E-state index contributed by atoms with van der Waals surface area (Å²) in [5.41, 5.74) is -0.877. The van der Waals surface area contributed by atoms with Gasteiger partial charge in [0.05, 0.1) is 5.56 Å². The molecule has 1 atom stereocenters. The number of hydrogen-bond donors (Lipinski definition) is 2. The summed E-state index contributed by atoms with van der Waals surface area (Å²) in [7, 11) is 0. The highest BCUT2D eigenvalue weighted by molar-refractivity contribution is 5.54. The zero-order valence-corrected chi connectivity index (χ0v) is 9.56. The SMILES string of the molecule is OC1(c2nc(-c3ccccc3F)no2)CCNC1. The number of halogens is 1. The van der Waals surface area contributed by atoms with Gasteiger partial charge in [0.2, 0.25) is 5.82 Å². The van der Waals surface area contributed by atoms with Crippen LogP contribution in [0.4, 0.5) is 4.39 Å². The van der Waals surface area contributed by atoms with Crippen molar-refractivity contribution in [1.29, 1.82) is 0 Å². The van der Waals surface area contributed by atoms with Gasteiger partial charge < -0.3 is 14.9 Å². The van der Waals surface area contributed by atoms with Crippen molar-refractivity contribution in [2.75, 3.05) is 13.1 Å². The molecule has 0 aliphatic carbocycles. The van der Waals surface area contributed by atoms with E-state index in [4.69, 9.17) is 4.52 Å². The lowest BCUT2D eigenvalue weighted by Gasteiger charge is -2.14. The monoisotopic (exact) mass is 249 g/mol. The normalized spacial score (nSPS) is 23.4. The van der Waals surface area contributed by atoms with E-state index in [0.29, 0.717) is 19.5 Å². The Balaban J connectivity index is 1.97. The Morgan fingerprint density at radius 3 is 2.94 bits per heavy atom. The summed E-state index contributed by atoms with van der Waals surface area (Å²) in [6, 6.07) is 6.19. The zero-order chi connectivity index (χ0) is 12.6. The van der Waals surface area contributed by atoms with E-state index in [1.807, 2.05) is 0 Å². The zero-order valence-electron chi connectivity index (χ0n) is 9.56. The number of rotatable bonds is 2. The summed E-state index contributed by atoms with van der Waals surface area (Å²) in [6.45, 7) is 1.06. The minimum atomic E-state index is -1.14. The number of aliphatic hydroxyl groups is 1. The van der Waals surface area contributed by atoms with Gasteiger partial charge >= 0.3 is 0 Å². The van der Waals surface area contributed by atoms with E-state index in [1.165, 1.54) is 6.07 Å². The molecule has 1 aromatic heterocycles. The molecule has 6 heteroatoms. The molecule has 18 heavy (non-hydrogen) atoms. The number of β-amino-alcohol motifs (C(OH)–C–C–N with tert-alkyl or cyclic N) is 1. The van der Waals surface area contributed by atoms with Gasteiger partial charge in [-0.3, -0.25) is 0 Å². The van der Waals surface area contributed by atoms with Crippen LogP contribution in [0.2, 0.25) is 0 Å². The minimum Gasteiger partial charge on any atom is -0.379 e. The molecule has 1 saturated heterocycles. The van der Waals surface area contributed by atoms with Crippen molar-refractivity contribution >= 4 is 0 Å². The summed E-state index contributed by atoms with van der Waals surface area (Å²) in [5.74, 6) is -0.129. The van der Waals surface area contributed by atoms with Crippen LogP contribution in [-0.2, 0) is 5.60 Å². The van der Waals surface area contributed by atoms with Crippen LogP contribution in [0.1, 0.15) is 12.3 Å². The molecule has 5 nitrogen and oxygen atoms in total. The summed E-state index contributed by atoms with van der Waals surface area (Å²) in [4.78, 5) is 4.09. The van der Waals surface area contributed by atoms with E-state index < -0.39 is 11.4 Å². The van der Waals surface area contributed by atoms with Crippen LogP contribution in [0.5, 0.6) is 0 Å². The third-order valence-electron chi connectivity index (χ3n) is 3.07. The molecular weight excluding hydrogens is 237 g/mol. The van der Waals surface area contributed by atoms with E-state index in [2.05, 4.69) is 15.5 Å². The fourth-order valence-electron chi connectivity index (χ4n) is 2.03. The standard InChI is InChI=1S/C12H12FN3O2/c13-9-4-2-1-3-8(9)10-15-11(18-16-10)12(17)5-6-14-7-12/h1-4,14,17H,5-7H2. The van der Waals surface area contributed by atoms with E-state index in [-0.39, 0.29) is 17.3 Å². The first-order valence-corrected chi connectivity index (χ1v) is 5.71. The highest BCUT2D eigenvalue weighted by Gasteiger charge is 2.38. The van der Waals surface area contributed by atoms with Gasteiger partial charge in [-0.05, 0) is 25.1 Å². The maximum Gasteiger partial charge on any atom is 0.260 e. The molecule has 1 aromatic carbocycles. The van der Waals surface area contributed by atoms with Crippen LogP contribution >= 0.6 is 0 Å². The quantitative estimate of drug-likeness (QED) is 0.832. The second-order valence-corrected chi connectivity index (χ2v) is 4.36. The largest absolute Gasteiger partial charge is 0.379 e. The van der Waals surface area contributed by atoms with Gasteiger partial charge in [-0.2, -0.15) is 4.98 Å². The van der Waals surface area contributed by atoms with Crippen molar-refractivity contribution in [3.8, 4) is 11.4 Å². The first-order chi connectivity index (χ1) is 8.69. The Kier molecular flexibility index (Phi) is 2.61. The first kappa shape index (κ1) is 11.3. The molecular formula is C12H12FN3O2. The molecule has 1 unspecified atom stereocenters. The van der Waals surface area contributed by atoms with Crippen molar-refractivity contribution in [3.05, 3.63) is 36.0 Å². The Hall–Kier alpha value is -1.79. The molecule has 2 aromatic rings. The average molecular weight is 249 g/mol. The van der Waals surface area contributed by atoms with Crippen LogP contribution in [0, 0.1) is 5.82 Å². The predicted molar refractivity (Wildman–Crippen MR) is 61.1 cm³/mol. The molecule has 2 N–H and O–H groups in total. The van der Waals surface area contributed by atoms with Crippen LogP contribution in [0.15, 0.2) is 28.8 Å². The number of benzene rings is 1. The fourth-order valence-corrected chi connectivity index (χ4v) is 2.03. The van der Waals surface area contributed by atoms with Gasteiger partial charge in [0.25, 0.3) is 5.89 Å². The molecule has 0 amide bonds. The van der Waals surface area contributed by atoms with E-state index in [0.717, 1.165) is 0 Å². The summed E-state index contributed by atoms with van der Waals surface area (Å²) >= 11 is 0. The lowest BCUT2D eigenvalue weighted by atomic mass is 10.0. The molecule has 0 bridgehead atoms. The number of aromatic nitrogens is 2. The maximum absolute atomic E-state index is 13.6. The minimum absolute atomic E-state index is 0.130. The van der Waals surface area contributed by atoms with Crippen molar-refractivity contribution in [3.63, 3.8) is 0 Å². The third-order valence-corrected chi connectivity index (χ3v) is 3.07. The first-order valence-electron chi connectivity index (χ1n) is 5.71. The van der Waals surface area contributed by atoms with Crippen LogP contribution < -0.4 is 5.32 Å². The second kappa shape index (κ2) is 4.15. The van der Waals surface area contributed by atoms with Crippen LogP contribution in [-0.4, -0.2) is 28.3 Å². The fraction of sp³-hybridized carbons (Fsp3) is 0.333. The summed E-state index contributed by atoms with van der Waals surface area (Å²) < 4.78 is 18.6.